The van der Waals surface area contributed by atoms with E-state index >= 15 is 0 Å². The number of hydrogen-bond acceptors (Lipinski definition) is 1. The van der Waals surface area contributed by atoms with Crippen molar-refractivity contribution in [3.05, 3.63) is 30.3 Å². The fourth-order valence-electron chi connectivity index (χ4n) is 2.99. The predicted octanol–water partition coefficient (Wildman–Crippen LogP) is 4.01. The van der Waals surface area contributed by atoms with Crippen LogP contribution in [0.2, 0.25) is 0 Å². The molecule has 1 saturated carbocycles. The summed E-state index contributed by atoms with van der Waals surface area (Å²) >= 11 is 0.153. The van der Waals surface area contributed by atoms with Crippen molar-refractivity contribution >= 4 is 19.4 Å². The van der Waals surface area contributed by atoms with Gasteiger partial charge in [0.05, 0.1) is 0 Å². The fourth-order valence-corrected chi connectivity index (χ4v) is 4.36. The molecule has 0 spiro atoms. The van der Waals surface area contributed by atoms with Crippen LogP contribution in [0.1, 0.15) is 70.6 Å². The van der Waals surface area contributed by atoms with Crippen LogP contribution in [0, 0.1) is 10.7 Å². The van der Waals surface area contributed by atoms with Crippen LogP contribution in [0.25, 0.3) is 0 Å². The van der Waals surface area contributed by atoms with Crippen LogP contribution in [0.15, 0.2) is 30.3 Å². The summed E-state index contributed by atoms with van der Waals surface area (Å²) in [6.45, 7) is 0. The molecule has 0 unspecified atom stereocenters. The van der Waals surface area contributed by atoms with E-state index in [-0.39, 0.29) is 15.0 Å². The van der Waals surface area contributed by atoms with Crippen LogP contribution in [0.3, 0.4) is 0 Å². The molecule has 0 heterocycles. The van der Waals surface area contributed by atoms with Crippen molar-refractivity contribution < 1.29 is 5.11 Å². The Morgan fingerprint density at radius 3 is 1.82 bits per heavy atom. The van der Waals surface area contributed by atoms with E-state index in [1.807, 2.05) is 6.07 Å². The molecule has 0 amide bonds. The molecule has 1 aromatic rings. The van der Waals surface area contributed by atoms with Crippen molar-refractivity contribution in [1.29, 1.82) is 0 Å². The molecule has 2 rings (SSSR count). The van der Waals surface area contributed by atoms with Crippen LogP contribution >= 0.6 is 0 Å². The van der Waals surface area contributed by atoms with Gasteiger partial charge in [-0.25, -0.2) is 0 Å². The third kappa shape index (κ3) is 7.01. The van der Waals surface area contributed by atoms with E-state index < -0.39 is 5.60 Å². The average molecular weight is 363 g/mol. The molecule has 0 bridgehead atoms. The number of rotatable bonds is 1. The molecule has 1 N–H and O–H groups in total. The van der Waals surface area contributed by atoms with E-state index in [0.717, 1.165) is 25.7 Å². The predicted molar refractivity (Wildman–Crippen MR) is 95.3 cm³/mol. The van der Waals surface area contributed by atoms with Gasteiger partial charge in [-0.3, -0.25) is 0 Å². The summed E-state index contributed by atoms with van der Waals surface area (Å²) in [4.78, 5) is 3.29. The molecule has 0 atom stereocenters. The average Bonchev–Trinajstić information content (AvgIpc) is 2.52. The monoisotopic (exact) mass is 364 g/mol. The fraction of sp³-hybridized carbons (Fsp3) is 0.600. The molecule has 120 valence electrons. The number of aliphatic hydroxyl groups is 1. The standard InChI is InChI=1S/C20H28OSe/c21-20(17-18-22-19-13-9-8-10-14-19)15-11-6-4-2-1-3-5-7-12-16-20/h8-10,13-14,21H,1-7,11-12,15-16H2. The van der Waals surface area contributed by atoms with Crippen molar-refractivity contribution in [2.24, 2.45) is 0 Å². The molecule has 0 radical (unpaired) electrons. The first-order chi connectivity index (χ1) is 10.8. The van der Waals surface area contributed by atoms with Gasteiger partial charge < -0.3 is 0 Å². The second-order valence-corrected chi connectivity index (χ2v) is 8.20. The first kappa shape index (κ1) is 17.6. The van der Waals surface area contributed by atoms with Crippen LogP contribution in [0.4, 0.5) is 0 Å². The van der Waals surface area contributed by atoms with E-state index in [1.165, 1.54) is 49.4 Å². The summed E-state index contributed by atoms with van der Waals surface area (Å²) < 4.78 is 1.29. The zero-order valence-corrected chi connectivity index (χ0v) is 15.2. The Morgan fingerprint density at radius 2 is 1.27 bits per heavy atom. The number of benzene rings is 1. The molecule has 1 nitrogen and oxygen atoms in total. The maximum absolute atomic E-state index is 10.9. The summed E-state index contributed by atoms with van der Waals surface area (Å²) in [5.41, 5.74) is -0.740. The van der Waals surface area contributed by atoms with Crippen LogP contribution < -0.4 is 4.46 Å². The molecule has 0 saturated heterocycles. The minimum atomic E-state index is -0.740. The van der Waals surface area contributed by atoms with Gasteiger partial charge in [-0.15, -0.1) is 0 Å². The molecule has 1 fully saturated rings. The van der Waals surface area contributed by atoms with Crippen molar-refractivity contribution in [3.8, 4) is 10.7 Å². The van der Waals surface area contributed by atoms with Gasteiger partial charge in [0, 0.05) is 0 Å². The Hall–Kier alpha value is -0.741. The Bertz CT molecular complexity index is 459. The topological polar surface area (TPSA) is 20.2 Å². The van der Waals surface area contributed by atoms with E-state index in [2.05, 4.69) is 35.0 Å². The normalized spacial score (nSPS) is 20.0. The Morgan fingerprint density at radius 1 is 0.773 bits per heavy atom. The second-order valence-electron chi connectivity index (χ2n) is 6.36. The van der Waals surface area contributed by atoms with Gasteiger partial charge in [-0.1, -0.05) is 0 Å². The molecular weight excluding hydrogens is 335 g/mol. The summed E-state index contributed by atoms with van der Waals surface area (Å²) in [7, 11) is 0. The van der Waals surface area contributed by atoms with Crippen molar-refractivity contribution in [2.45, 2.75) is 76.2 Å². The van der Waals surface area contributed by atoms with E-state index in [4.69, 9.17) is 0 Å². The van der Waals surface area contributed by atoms with Crippen molar-refractivity contribution in [1.82, 2.24) is 0 Å². The van der Waals surface area contributed by atoms with Crippen LogP contribution in [0.5, 0.6) is 0 Å². The van der Waals surface area contributed by atoms with E-state index in [1.54, 1.807) is 0 Å². The molecule has 22 heavy (non-hydrogen) atoms. The molecule has 0 aliphatic heterocycles. The SMILES string of the molecule is OC1(C#C[Se]c2ccccc2)CCCCCCCCCCC1. The van der Waals surface area contributed by atoms with Gasteiger partial charge in [0.25, 0.3) is 0 Å². The number of hydrogen-bond donors (Lipinski definition) is 1. The minimum absolute atomic E-state index is 0.153. The molecule has 2 heteroatoms. The molecule has 1 aromatic carbocycles. The first-order valence-electron chi connectivity index (χ1n) is 8.75. The summed E-state index contributed by atoms with van der Waals surface area (Å²) in [6.07, 6.45) is 13.2. The molecule has 0 aromatic heterocycles. The van der Waals surface area contributed by atoms with Gasteiger partial charge in [-0.05, 0) is 0 Å². The van der Waals surface area contributed by atoms with Gasteiger partial charge in [0.2, 0.25) is 0 Å². The summed E-state index contributed by atoms with van der Waals surface area (Å²) in [5, 5.41) is 10.9. The molecular formula is C20H28OSe. The van der Waals surface area contributed by atoms with Gasteiger partial charge in [0.1, 0.15) is 0 Å². The summed E-state index contributed by atoms with van der Waals surface area (Å²) in [5.74, 6) is 3.23. The third-order valence-corrected chi connectivity index (χ3v) is 5.87. The van der Waals surface area contributed by atoms with Crippen molar-refractivity contribution in [3.63, 3.8) is 0 Å². The van der Waals surface area contributed by atoms with Gasteiger partial charge in [0.15, 0.2) is 0 Å². The van der Waals surface area contributed by atoms with Gasteiger partial charge in [-0.2, -0.15) is 0 Å². The maximum atomic E-state index is 10.9. The zero-order valence-electron chi connectivity index (χ0n) is 13.5. The van der Waals surface area contributed by atoms with Crippen LogP contribution in [-0.2, 0) is 0 Å². The summed E-state index contributed by atoms with van der Waals surface area (Å²) in [6, 6.07) is 10.4. The van der Waals surface area contributed by atoms with E-state index in [0.29, 0.717) is 0 Å². The Balaban J connectivity index is 1.91. The molecule has 1 aliphatic rings. The second kappa shape index (κ2) is 10.1. The van der Waals surface area contributed by atoms with E-state index in [9.17, 15) is 5.11 Å². The van der Waals surface area contributed by atoms with Crippen molar-refractivity contribution in [2.75, 3.05) is 0 Å². The quantitative estimate of drug-likeness (QED) is 0.590. The van der Waals surface area contributed by atoms with Crippen LogP contribution in [-0.4, -0.2) is 25.7 Å². The van der Waals surface area contributed by atoms with Gasteiger partial charge >= 0.3 is 142 Å². The molecule has 1 aliphatic carbocycles. The Kier molecular flexibility index (Phi) is 8.10. The zero-order chi connectivity index (χ0) is 15.5. The first-order valence-corrected chi connectivity index (χ1v) is 10.5. The Labute approximate surface area is 142 Å². The third-order valence-electron chi connectivity index (χ3n) is 4.38.